The molecule has 0 unspecified atom stereocenters. The van der Waals surface area contributed by atoms with Gasteiger partial charge in [-0.05, 0) is 18.8 Å². The molecule has 1 aromatic heterocycles. The molecule has 1 aliphatic rings. The molecular formula is C11H18N4O2S. The van der Waals surface area contributed by atoms with Gasteiger partial charge in [0.1, 0.15) is 10.7 Å². The van der Waals surface area contributed by atoms with Gasteiger partial charge < -0.3 is 21.1 Å². The van der Waals surface area contributed by atoms with Gasteiger partial charge in [-0.2, -0.15) is 0 Å². The van der Waals surface area contributed by atoms with Gasteiger partial charge in [-0.25, -0.2) is 4.98 Å². The second kappa shape index (κ2) is 6.01. The van der Waals surface area contributed by atoms with Crippen molar-refractivity contribution in [1.82, 2.24) is 10.3 Å². The summed E-state index contributed by atoms with van der Waals surface area (Å²) < 4.78 is 4.92. The van der Waals surface area contributed by atoms with E-state index in [4.69, 9.17) is 10.5 Å². The standard InChI is InChI=1S/C11H18N4O2S/c1-17-5-4-13-11-15-9(12)8(18-11)10(16)14-6-7-2-3-7/h7H,2-6,12H2,1H3,(H,13,15)(H,14,16). The Kier molecular flexibility index (Phi) is 4.38. The molecule has 0 radical (unpaired) electrons. The molecule has 100 valence electrons. The molecule has 0 aromatic carbocycles. The molecule has 0 saturated heterocycles. The summed E-state index contributed by atoms with van der Waals surface area (Å²) in [6.45, 7) is 1.97. The van der Waals surface area contributed by atoms with Crippen molar-refractivity contribution in [1.29, 1.82) is 0 Å². The number of amides is 1. The number of hydrogen-bond donors (Lipinski definition) is 3. The molecule has 1 amide bonds. The summed E-state index contributed by atoms with van der Waals surface area (Å²) in [5, 5.41) is 6.60. The lowest BCUT2D eigenvalue weighted by Crippen LogP contribution is -2.25. The number of nitrogen functional groups attached to an aromatic ring is 1. The van der Waals surface area contributed by atoms with Gasteiger partial charge >= 0.3 is 0 Å². The number of rotatable bonds is 7. The highest BCUT2D eigenvalue weighted by atomic mass is 32.1. The van der Waals surface area contributed by atoms with Gasteiger partial charge in [0.05, 0.1) is 6.61 Å². The van der Waals surface area contributed by atoms with Crippen molar-refractivity contribution in [2.75, 3.05) is 37.9 Å². The van der Waals surface area contributed by atoms with E-state index in [9.17, 15) is 4.79 Å². The number of ether oxygens (including phenoxy) is 1. The van der Waals surface area contributed by atoms with E-state index >= 15 is 0 Å². The minimum absolute atomic E-state index is 0.128. The van der Waals surface area contributed by atoms with Crippen LogP contribution in [0.25, 0.3) is 0 Å². The van der Waals surface area contributed by atoms with Crippen molar-refractivity contribution >= 4 is 28.2 Å². The zero-order valence-electron chi connectivity index (χ0n) is 10.4. The molecule has 2 rings (SSSR count). The largest absolute Gasteiger partial charge is 0.383 e. The highest BCUT2D eigenvalue weighted by Gasteiger charge is 2.23. The summed E-state index contributed by atoms with van der Waals surface area (Å²) in [6, 6.07) is 0. The van der Waals surface area contributed by atoms with Crippen LogP contribution in [0.15, 0.2) is 0 Å². The average molecular weight is 270 g/mol. The van der Waals surface area contributed by atoms with E-state index in [1.54, 1.807) is 7.11 Å². The quantitative estimate of drug-likeness (QED) is 0.641. The molecule has 0 bridgehead atoms. The van der Waals surface area contributed by atoms with E-state index in [0.717, 1.165) is 6.54 Å². The number of nitrogens with one attached hydrogen (secondary N) is 2. The Hall–Kier alpha value is -1.34. The van der Waals surface area contributed by atoms with E-state index in [1.165, 1.54) is 24.2 Å². The first-order valence-electron chi connectivity index (χ1n) is 5.98. The topological polar surface area (TPSA) is 89.3 Å². The zero-order valence-corrected chi connectivity index (χ0v) is 11.2. The monoisotopic (exact) mass is 270 g/mol. The second-order valence-electron chi connectivity index (χ2n) is 4.31. The lowest BCUT2D eigenvalue weighted by molar-refractivity contribution is 0.0956. The zero-order chi connectivity index (χ0) is 13.0. The number of nitrogens with zero attached hydrogens (tertiary/aromatic N) is 1. The summed E-state index contributed by atoms with van der Waals surface area (Å²) in [4.78, 5) is 16.5. The molecule has 1 aromatic rings. The van der Waals surface area contributed by atoms with E-state index in [1.807, 2.05) is 0 Å². The van der Waals surface area contributed by atoms with Crippen molar-refractivity contribution < 1.29 is 9.53 Å². The number of nitrogens with two attached hydrogens (primary N) is 1. The van der Waals surface area contributed by atoms with Crippen molar-refractivity contribution in [2.45, 2.75) is 12.8 Å². The van der Waals surface area contributed by atoms with Crippen LogP contribution in [0.5, 0.6) is 0 Å². The third-order valence-corrected chi connectivity index (χ3v) is 3.72. The van der Waals surface area contributed by atoms with Crippen LogP contribution in [-0.2, 0) is 4.74 Å². The number of aromatic nitrogens is 1. The Balaban J connectivity index is 1.87. The summed E-state index contributed by atoms with van der Waals surface area (Å²) in [5.74, 6) is 0.812. The first-order chi connectivity index (χ1) is 8.70. The van der Waals surface area contributed by atoms with Crippen LogP contribution in [0.1, 0.15) is 22.5 Å². The normalized spacial score (nSPS) is 14.5. The smallest absolute Gasteiger partial charge is 0.265 e. The fourth-order valence-corrected chi connectivity index (χ4v) is 2.30. The summed E-state index contributed by atoms with van der Waals surface area (Å²) in [6.07, 6.45) is 2.42. The van der Waals surface area contributed by atoms with Crippen LogP contribution >= 0.6 is 11.3 Å². The lowest BCUT2D eigenvalue weighted by Gasteiger charge is -2.01. The Morgan fingerprint density at radius 1 is 1.61 bits per heavy atom. The number of carbonyl (C=O) groups excluding carboxylic acids is 1. The van der Waals surface area contributed by atoms with Crippen LogP contribution < -0.4 is 16.4 Å². The van der Waals surface area contributed by atoms with E-state index in [-0.39, 0.29) is 11.7 Å². The van der Waals surface area contributed by atoms with Crippen LogP contribution in [0.2, 0.25) is 0 Å². The summed E-state index contributed by atoms with van der Waals surface area (Å²) in [5.41, 5.74) is 5.74. The molecular weight excluding hydrogens is 252 g/mol. The SMILES string of the molecule is COCCNc1nc(N)c(C(=O)NCC2CC2)s1. The van der Waals surface area contributed by atoms with Gasteiger partial charge in [-0.15, -0.1) is 0 Å². The first-order valence-corrected chi connectivity index (χ1v) is 6.79. The van der Waals surface area contributed by atoms with Crippen LogP contribution in [0.4, 0.5) is 10.9 Å². The van der Waals surface area contributed by atoms with Crippen LogP contribution in [0.3, 0.4) is 0 Å². The molecule has 0 aliphatic heterocycles. The number of anilines is 2. The van der Waals surface area contributed by atoms with Gasteiger partial charge in [0.2, 0.25) is 0 Å². The molecule has 1 saturated carbocycles. The predicted octanol–water partition coefficient (Wildman–Crippen LogP) is 0.923. The molecule has 18 heavy (non-hydrogen) atoms. The van der Waals surface area contributed by atoms with E-state index < -0.39 is 0 Å². The lowest BCUT2D eigenvalue weighted by atomic mass is 10.4. The number of carbonyl (C=O) groups is 1. The first kappa shape index (κ1) is 13.1. The maximum absolute atomic E-state index is 11.9. The highest BCUT2D eigenvalue weighted by molar-refractivity contribution is 7.18. The van der Waals surface area contributed by atoms with Gasteiger partial charge in [0, 0.05) is 20.2 Å². The molecule has 6 nitrogen and oxygen atoms in total. The highest BCUT2D eigenvalue weighted by Crippen LogP contribution is 2.28. The maximum Gasteiger partial charge on any atom is 0.265 e. The Morgan fingerprint density at radius 3 is 3.06 bits per heavy atom. The van der Waals surface area contributed by atoms with E-state index in [0.29, 0.717) is 29.1 Å². The van der Waals surface area contributed by atoms with Crippen molar-refractivity contribution in [3.63, 3.8) is 0 Å². The number of thiazole rings is 1. The Morgan fingerprint density at radius 2 is 2.39 bits per heavy atom. The number of methoxy groups -OCH3 is 1. The van der Waals surface area contributed by atoms with Gasteiger partial charge in [-0.3, -0.25) is 4.79 Å². The van der Waals surface area contributed by atoms with Crippen molar-refractivity contribution in [3.8, 4) is 0 Å². The van der Waals surface area contributed by atoms with Gasteiger partial charge in [0.25, 0.3) is 5.91 Å². The minimum atomic E-state index is -0.128. The second-order valence-corrected chi connectivity index (χ2v) is 5.31. The maximum atomic E-state index is 11.9. The molecule has 4 N–H and O–H groups in total. The van der Waals surface area contributed by atoms with Crippen LogP contribution in [0, 0.1) is 5.92 Å². The summed E-state index contributed by atoms with van der Waals surface area (Å²) in [7, 11) is 1.63. The molecule has 1 aliphatic carbocycles. The van der Waals surface area contributed by atoms with Crippen molar-refractivity contribution in [2.24, 2.45) is 5.92 Å². The molecule has 0 atom stereocenters. The molecule has 7 heteroatoms. The Bertz CT molecular complexity index is 417. The minimum Gasteiger partial charge on any atom is -0.383 e. The molecule has 1 heterocycles. The van der Waals surface area contributed by atoms with Crippen LogP contribution in [-0.4, -0.2) is 37.7 Å². The third kappa shape index (κ3) is 3.58. The predicted molar refractivity (Wildman–Crippen MR) is 71.9 cm³/mol. The number of hydrogen-bond acceptors (Lipinski definition) is 6. The van der Waals surface area contributed by atoms with Gasteiger partial charge in [-0.1, -0.05) is 11.3 Å². The fraction of sp³-hybridized carbons (Fsp3) is 0.636. The molecule has 1 fully saturated rings. The van der Waals surface area contributed by atoms with Crippen molar-refractivity contribution in [3.05, 3.63) is 4.88 Å². The summed E-state index contributed by atoms with van der Waals surface area (Å²) >= 11 is 1.28. The Labute approximate surface area is 110 Å². The average Bonchev–Trinajstić information content (AvgIpc) is 3.10. The molecule has 0 spiro atoms. The fourth-order valence-electron chi connectivity index (χ4n) is 1.47. The third-order valence-electron chi connectivity index (χ3n) is 2.69. The van der Waals surface area contributed by atoms with E-state index in [2.05, 4.69) is 15.6 Å². The van der Waals surface area contributed by atoms with Gasteiger partial charge in [0.15, 0.2) is 5.13 Å².